The Morgan fingerprint density at radius 2 is 2.00 bits per heavy atom. The van der Waals surface area contributed by atoms with Crippen LogP contribution in [0, 0.1) is 0 Å². The largest absolute Gasteiger partial charge is 0.492 e. The monoisotopic (exact) mass is 344 g/mol. The first-order valence-electron chi connectivity index (χ1n) is 8.82. The molecule has 0 bridgehead atoms. The average Bonchev–Trinajstić information content (AvgIpc) is 3.13. The molecule has 3 rings (SSSR count). The molecule has 7 nitrogen and oxygen atoms in total. The first-order valence-corrected chi connectivity index (χ1v) is 8.82. The Bertz CT molecular complexity index is 695. The first kappa shape index (κ1) is 17.4. The summed E-state index contributed by atoms with van der Waals surface area (Å²) >= 11 is 0. The minimum atomic E-state index is -0.491. The number of hydrogen-bond donors (Lipinski definition) is 1. The third-order valence-electron chi connectivity index (χ3n) is 4.27. The smallest absolute Gasteiger partial charge is 0.361 e. The van der Waals surface area contributed by atoms with E-state index in [1.807, 2.05) is 24.3 Å². The molecule has 0 saturated carbocycles. The molecule has 0 spiro atoms. The summed E-state index contributed by atoms with van der Waals surface area (Å²) in [6.45, 7) is 5.83. The van der Waals surface area contributed by atoms with Gasteiger partial charge in [-0.05, 0) is 45.0 Å². The lowest BCUT2D eigenvalue weighted by molar-refractivity contribution is 0.0520. The van der Waals surface area contributed by atoms with E-state index >= 15 is 0 Å². The third-order valence-corrected chi connectivity index (χ3v) is 4.27. The molecule has 1 aliphatic heterocycles. The van der Waals surface area contributed by atoms with Crippen molar-refractivity contribution in [3.63, 3.8) is 0 Å². The van der Waals surface area contributed by atoms with Crippen LogP contribution in [0.4, 0.5) is 0 Å². The zero-order valence-corrected chi connectivity index (χ0v) is 14.5. The number of nitrogens with one attached hydrogen (secondary N) is 1. The molecule has 2 heterocycles. The van der Waals surface area contributed by atoms with Gasteiger partial charge in [-0.25, -0.2) is 4.79 Å². The van der Waals surface area contributed by atoms with Crippen molar-refractivity contribution in [3.8, 4) is 17.0 Å². The van der Waals surface area contributed by atoms with Crippen LogP contribution < -0.4 is 4.74 Å². The van der Waals surface area contributed by atoms with E-state index in [1.165, 1.54) is 19.3 Å². The Kier molecular flexibility index (Phi) is 6.00. The third kappa shape index (κ3) is 4.36. The molecular formula is C18H24N4O3. The summed E-state index contributed by atoms with van der Waals surface area (Å²) in [6, 6.07) is 7.55. The number of carbonyl (C=O) groups is 1. The second kappa shape index (κ2) is 8.62. The van der Waals surface area contributed by atoms with Gasteiger partial charge in [0.15, 0.2) is 5.69 Å². The average molecular weight is 344 g/mol. The SMILES string of the molecule is CCOC(=O)c1n[nH]nc1-c1ccccc1OCCN1CCCCC1. The van der Waals surface area contributed by atoms with Crippen LogP contribution in [-0.2, 0) is 4.74 Å². The van der Waals surface area contributed by atoms with Gasteiger partial charge < -0.3 is 9.47 Å². The molecule has 0 amide bonds. The number of H-pyrrole nitrogens is 1. The molecule has 0 atom stereocenters. The molecule has 0 radical (unpaired) electrons. The summed E-state index contributed by atoms with van der Waals surface area (Å²) < 4.78 is 11.0. The van der Waals surface area contributed by atoms with Gasteiger partial charge in [0.1, 0.15) is 18.1 Å². The van der Waals surface area contributed by atoms with Crippen LogP contribution in [-0.4, -0.2) is 59.1 Å². The van der Waals surface area contributed by atoms with Crippen molar-refractivity contribution in [2.75, 3.05) is 32.8 Å². The van der Waals surface area contributed by atoms with Crippen LogP contribution >= 0.6 is 0 Å². The molecule has 1 saturated heterocycles. The van der Waals surface area contributed by atoms with E-state index in [2.05, 4.69) is 20.3 Å². The fraction of sp³-hybridized carbons (Fsp3) is 0.500. The van der Waals surface area contributed by atoms with Gasteiger partial charge in [0.2, 0.25) is 0 Å². The van der Waals surface area contributed by atoms with Crippen LogP contribution in [0.2, 0.25) is 0 Å². The lowest BCUT2D eigenvalue weighted by Crippen LogP contribution is -2.33. The summed E-state index contributed by atoms with van der Waals surface area (Å²) in [4.78, 5) is 14.5. The maximum Gasteiger partial charge on any atom is 0.361 e. The molecule has 1 aromatic heterocycles. The Labute approximate surface area is 147 Å². The van der Waals surface area contributed by atoms with Crippen LogP contribution in [0.15, 0.2) is 24.3 Å². The highest BCUT2D eigenvalue weighted by molar-refractivity contribution is 5.94. The van der Waals surface area contributed by atoms with Crippen molar-refractivity contribution >= 4 is 5.97 Å². The van der Waals surface area contributed by atoms with Gasteiger partial charge in [0.05, 0.1) is 6.61 Å². The fourth-order valence-electron chi connectivity index (χ4n) is 3.02. The highest BCUT2D eigenvalue weighted by atomic mass is 16.5. The molecular weight excluding hydrogens is 320 g/mol. The molecule has 25 heavy (non-hydrogen) atoms. The number of ether oxygens (including phenoxy) is 2. The standard InChI is InChI=1S/C18H24N4O3/c1-2-24-18(23)17-16(19-21-20-17)14-8-4-5-9-15(14)25-13-12-22-10-6-3-7-11-22/h4-5,8-9H,2-3,6-7,10-13H2,1H3,(H,19,20,21). The van der Waals surface area contributed by atoms with Gasteiger partial charge >= 0.3 is 5.97 Å². The number of likely N-dealkylation sites (tertiary alicyclic amines) is 1. The number of benzene rings is 1. The second-order valence-corrected chi connectivity index (χ2v) is 5.99. The molecule has 1 N–H and O–H groups in total. The van der Waals surface area contributed by atoms with Crippen LogP contribution in [0.1, 0.15) is 36.7 Å². The van der Waals surface area contributed by atoms with E-state index in [4.69, 9.17) is 9.47 Å². The van der Waals surface area contributed by atoms with Crippen molar-refractivity contribution in [1.82, 2.24) is 20.3 Å². The van der Waals surface area contributed by atoms with E-state index in [9.17, 15) is 4.79 Å². The first-order chi connectivity index (χ1) is 12.3. The van der Waals surface area contributed by atoms with Gasteiger partial charge in [-0.2, -0.15) is 10.3 Å². The zero-order valence-electron chi connectivity index (χ0n) is 14.5. The normalized spacial score (nSPS) is 15.1. The highest BCUT2D eigenvalue weighted by Crippen LogP contribution is 2.30. The lowest BCUT2D eigenvalue weighted by atomic mass is 10.1. The molecule has 0 aliphatic carbocycles. The van der Waals surface area contributed by atoms with E-state index in [1.54, 1.807) is 6.92 Å². The highest BCUT2D eigenvalue weighted by Gasteiger charge is 2.21. The summed E-state index contributed by atoms with van der Waals surface area (Å²) in [5, 5.41) is 10.6. The minimum absolute atomic E-state index is 0.175. The van der Waals surface area contributed by atoms with Crippen molar-refractivity contribution in [2.24, 2.45) is 0 Å². The summed E-state index contributed by atoms with van der Waals surface area (Å²) in [5.41, 5.74) is 1.36. The van der Waals surface area contributed by atoms with Gasteiger partial charge in [-0.15, -0.1) is 5.10 Å². The number of nitrogens with zero attached hydrogens (tertiary/aromatic N) is 3. The van der Waals surface area contributed by atoms with E-state index in [0.717, 1.165) is 25.2 Å². The summed E-state index contributed by atoms with van der Waals surface area (Å²) in [5.74, 6) is 0.202. The van der Waals surface area contributed by atoms with Crippen LogP contribution in [0.25, 0.3) is 11.3 Å². The maximum absolute atomic E-state index is 12.0. The number of para-hydroxylation sites is 1. The number of piperidine rings is 1. The second-order valence-electron chi connectivity index (χ2n) is 5.99. The molecule has 1 fully saturated rings. The zero-order chi connectivity index (χ0) is 17.5. The lowest BCUT2D eigenvalue weighted by Gasteiger charge is -2.26. The molecule has 2 aromatic rings. The van der Waals surface area contributed by atoms with Gasteiger partial charge in [0.25, 0.3) is 0 Å². The van der Waals surface area contributed by atoms with E-state index < -0.39 is 5.97 Å². The summed E-state index contributed by atoms with van der Waals surface area (Å²) in [7, 11) is 0. The number of hydrogen-bond acceptors (Lipinski definition) is 6. The van der Waals surface area contributed by atoms with Gasteiger partial charge in [-0.3, -0.25) is 4.90 Å². The number of aromatic nitrogens is 3. The Morgan fingerprint density at radius 1 is 1.20 bits per heavy atom. The van der Waals surface area contributed by atoms with Crippen molar-refractivity contribution in [3.05, 3.63) is 30.0 Å². The molecule has 1 aliphatic rings. The fourth-order valence-corrected chi connectivity index (χ4v) is 3.02. The molecule has 134 valence electrons. The quantitative estimate of drug-likeness (QED) is 0.778. The van der Waals surface area contributed by atoms with E-state index in [0.29, 0.717) is 24.7 Å². The minimum Gasteiger partial charge on any atom is -0.492 e. The Balaban J connectivity index is 1.71. The molecule has 0 unspecified atom stereocenters. The van der Waals surface area contributed by atoms with Gasteiger partial charge in [-0.1, -0.05) is 18.6 Å². The Morgan fingerprint density at radius 3 is 2.80 bits per heavy atom. The predicted octanol–water partition coefficient (Wildman–Crippen LogP) is 2.51. The van der Waals surface area contributed by atoms with Gasteiger partial charge in [0, 0.05) is 12.1 Å². The number of aromatic amines is 1. The predicted molar refractivity (Wildman–Crippen MR) is 93.6 cm³/mol. The topological polar surface area (TPSA) is 80.3 Å². The number of rotatable bonds is 7. The number of carbonyl (C=O) groups excluding carboxylic acids is 1. The Hall–Kier alpha value is -2.41. The summed E-state index contributed by atoms with van der Waals surface area (Å²) in [6.07, 6.45) is 3.85. The molecule has 1 aromatic carbocycles. The van der Waals surface area contributed by atoms with Crippen molar-refractivity contribution in [2.45, 2.75) is 26.2 Å². The maximum atomic E-state index is 12.0. The van der Waals surface area contributed by atoms with Crippen molar-refractivity contribution < 1.29 is 14.3 Å². The van der Waals surface area contributed by atoms with Crippen LogP contribution in [0.5, 0.6) is 5.75 Å². The molecule has 7 heteroatoms. The van der Waals surface area contributed by atoms with E-state index in [-0.39, 0.29) is 5.69 Å². The van der Waals surface area contributed by atoms with Crippen molar-refractivity contribution in [1.29, 1.82) is 0 Å². The number of esters is 1. The van der Waals surface area contributed by atoms with Crippen LogP contribution in [0.3, 0.4) is 0 Å².